The van der Waals surface area contributed by atoms with Gasteiger partial charge in [0.05, 0.1) is 12.4 Å². The molecule has 0 aliphatic carbocycles. The van der Waals surface area contributed by atoms with Crippen molar-refractivity contribution in [2.45, 2.75) is 25.9 Å². The highest BCUT2D eigenvalue weighted by Gasteiger charge is 2.14. The van der Waals surface area contributed by atoms with E-state index in [9.17, 15) is 4.79 Å². The third-order valence-corrected chi connectivity index (χ3v) is 3.98. The minimum absolute atomic E-state index is 0.125. The zero-order valence-electron chi connectivity index (χ0n) is 14.7. The number of rotatable bonds is 8. The number of nitrogens with zero attached hydrogens (tertiary/aromatic N) is 3. The zero-order valence-corrected chi connectivity index (χ0v) is 14.7. The van der Waals surface area contributed by atoms with Gasteiger partial charge in [-0.2, -0.15) is 0 Å². The minimum atomic E-state index is -0.125. The van der Waals surface area contributed by atoms with Crippen molar-refractivity contribution in [3.8, 4) is 0 Å². The molecule has 0 saturated carbocycles. The number of aryl methyl sites for hydroxylation is 2. The lowest BCUT2D eigenvalue weighted by Crippen LogP contribution is -2.41. The molecule has 2 amide bonds. The first-order valence-electron chi connectivity index (χ1n) is 8.26. The fourth-order valence-electron chi connectivity index (χ4n) is 2.52. The van der Waals surface area contributed by atoms with Gasteiger partial charge >= 0.3 is 6.03 Å². The van der Waals surface area contributed by atoms with Gasteiger partial charge in [0.2, 0.25) is 0 Å². The first kappa shape index (κ1) is 18.0. The Balaban J connectivity index is 1.72. The molecule has 1 atom stereocenters. The highest BCUT2D eigenvalue weighted by molar-refractivity contribution is 5.73. The van der Waals surface area contributed by atoms with Gasteiger partial charge in [-0.3, -0.25) is 0 Å². The van der Waals surface area contributed by atoms with Gasteiger partial charge in [-0.05, 0) is 33.0 Å². The van der Waals surface area contributed by atoms with Crippen LogP contribution in [0.3, 0.4) is 0 Å². The number of urea groups is 1. The molecule has 24 heavy (non-hydrogen) atoms. The van der Waals surface area contributed by atoms with E-state index < -0.39 is 0 Å². The normalized spacial score (nSPS) is 12.2. The monoisotopic (exact) mass is 329 g/mol. The largest absolute Gasteiger partial charge is 0.338 e. The van der Waals surface area contributed by atoms with Crippen LogP contribution >= 0.6 is 0 Å². The Kier molecular flexibility index (Phi) is 6.81. The SMILES string of the molecule is Cc1ccc([C@H](CNC(=O)NCCCn2ccnc2)N(C)C)cc1. The van der Waals surface area contributed by atoms with E-state index in [1.54, 1.807) is 12.5 Å². The predicted octanol–water partition coefficient (Wildman–Crippen LogP) is 2.18. The Morgan fingerprint density at radius 1 is 1.25 bits per heavy atom. The number of hydrogen-bond acceptors (Lipinski definition) is 3. The third kappa shape index (κ3) is 5.70. The smallest absolute Gasteiger partial charge is 0.314 e. The van der Waals surface area contributed by atoms with Gasteiger partial charge in [0.15, 0.2) is 0 Å². The van der Waals surface area contributed by atoms with E-state index in [-0.39, 0.29) is 12.1 Å². The van der Waals surface area contributed by atoms with Gasteiger partial charge in [-0.1, -0.05) is 29.8 Å². The van der Waals surface area contributed by atoms with Crippen molar-refractivity contribution in [1.29, 1.82) is 0 Å². The van der Waals surface area contributed by atoms with E-state index in [0.29, 0.717) is 13.1 Å². The second-order valence-electron chi connectivity index (χ2n) is 6.18. The summed E-state index contributed by atoms with van der Waals surface area (Å²) in [5.41, 5.74) is 2.44. The number of likely N-dealkylation sites (N-methyl/N-ethyl adjacent to an activating group) is 1. The Morgan fingerprint density at radius 2 is 2.00 bits per heavy atom. The van der Waals surface area contributed by atoms with E-state index in [2.05, 4.69) is 51.7 Å². The molecule has 0 bridgehead atoms. The quantitative estimate of drug-likeness (QED) is 0.730. The van der Waals surface area contributed by atoms with E-state index in [1.807, 2.05) is 24.9 Å². The van der Waals surface area contributed by atoms with Gasteiger partial charge in [0.25, 0.3) is 0 Å². The molecule has 130 valence electrons. The fourth-order valence-corrected chi connectivity index (χ4v) is 2.52. The van der Waals surface area contributed by atoms with E-state index >= 15 is 0 Å². The number of carbonyl (C=O) groups excluding carboxylic acids is 1. The maximum atomic E-state index is 12.0. The molecule has 0 saturated heterocycles. The summed E-state index contributed by atoms with van der Waals surface area (Å²) in [5, 5.41) is 5.86. The molecule has 6 nitrogen and oxygen atoms in total. The average molecular weight is 329 g/mol. The number of benzene rings is 1. The molecular weight excluding hydrogens is 302 g/mol. The molecule has 0 fully saturated rings. The van der Waals surface area contributed by atoms with E-state index in [4.69, 9.17) is 0 Å². The van der Waals surface area contributed by atoms with Gasteiger partial charge in [-0.25, -0.2) is 9.78 Å². The van der Waals surface area contributed by atoms with Crippen LogP contribution in [0, 0.1) is 6.92 Å². The van der Waals surface area contributed by atoms with Gasteiger partial charge < -0.3 is 20.1 Å². The summed E-state index contributed by atoms with van der Waals surface area (Å²) < 4.78 is 2.00. The molecule has 1 aromatic heterocycles. The topological polar surface area (TPSA) is 62.2 Å². The Labute approximate surface area is 143 Å². The Bertz CT molecular complexity index is 607. The summed E-state index contributed by atoms with van der Waals surface area (Å²) in [6.45, 7) is 4.14. The summed E-state index contributed by atoms with van der Waals surface area (Å²) in [4.78, 5) is 18.1. The van der Waals surface area contributed by atoms with E-state index in [0.717, 1.165) is 13.0 Å². The Morgan fingerprint density at radius 3 is 2.62 bits per heavy atom. The molecule has 0 unspecified atom stereocenters. The Hall–Kier alpha value is -2.34. The van der Waals surface area contributed by atoms with Crippen molar-refractivity contribution in [1.82, 2.24) is 25.1 Å². The van der Waals surface area contributed by atoms with Crippen molar-refractivity contribution in [2.75, 3.05) is 27.2 Å². The molecule has 1 aromatic carbocycles. The lowest BCUT2D eigenvalue weighted by molar-refractivity contribution is 0.232. The molecule has 6 heteroatoms. The van der Waals surface area contributed by atoms with Gasteiger partial charge in [0, 0.05) is 32.0 Å². The third-order valence-electron chi connectivity index (χ3n) is 3.98. The summed E-state index contributed by atoms with van der Waals surface area (Å²) in [6.07, 6.45) is 6.33. The predicted molar refractivity (Wildman–Crippen MR) is 95.9 cm³/mol. The van der Waals surface area contributed by atoms with Crippen LogP contribution < -0.4 is 10.6 Å². The number of imidazole rings is 1. The average Bonchev–Trinajstić information content (AvgIpc) is 3.06. The maximum Gasteiger partial charge on any atom is 0.314 e. The van der Waals surface area contributed by atoms with Crippen molar-refractivity contribution in [3.63, 3.8) is 0 Å². The lowest BCUT2D eigenvalue weighted by atomic mass is 10.0. The van der Waals surface area contributed by atoms with E-state index in [1.165, 1.54) is 11.1 Å². The highest BCUT2D eigenvalue weighted by atomic mass is 16.2. The number of nitrogens with one attached hydrogen (secondary N) is 2. The maximum absolute atomic E-state index is 12.0. The second kappa shape index (κ2) is 9.08. The van der Waals surface area contributed by atoms with Crippen molar-refractivity contribution in [3.05, 3.63) is 54.1 Å². The van der Waals surface area contributed by atoms with Crippen LogP contribution in [0.25, 0.3) is 0 Å². The lowest BCUT2D eigenvalue weighted by Gasteiger charge is -2.25. The van der Waals surface area contributed by atoms with Crippen LogP contribution in [0.1, 0.15) is 23.6 Å². The molecule has 1 heterocycles. The standard InChI is InChI=1S/C18H27N5O/c1-15-5-7-16(8-6-15)17(22(2)3)13-21-18(24)20-9-4-11-23-12-10-19-14-23/h5-8,10,12,14,17H,4,9,11,13H2,1-3H3,(H2,20,21,24)/t17-/m0/s1. The molecule has 2 aromatic rings. The molecule has 0 aliphatic heterocycles. The van der Waals surface area contributed by atoms with Gasteiger partial charge in [0.1, 0.15) is 0 Å². The second-order valence-corrected chi connectivity index (χ2v) is 6.18. The first-order chi connectivity index (χ1) is 11.6. The van der Waals surface area contributed by atoms with Crippen molar-refractivity contribution < 1.29 is 4.79 Å². The zero-order chi connectivity index (χ0) is 17.4. The van der Waals surface area contributed by atoms with Crippen LogP contribution in [-0.2, 0) is 6.54 Å². The summed E-state index contributed by atoms with van der Waals surface area (Å²) in [7, 11) is 4.05. The van der Waals surface area contributed by atoms with Crippen LogP contribution in [0.4, 0.5) is 4.79 Å². The highest BCUT2D eigenvalue weighted by Crippen LogP contribution is 2.17. The summed E-state index contributed by atoms with van der Waals surface area (Å²) in [6, 6.07) is 8.46. The van der Waals surface area contributed by atoms with Crippen molar-refractivity contribution in [2.24, 2.45) is 0 Å². The van der Waals surface area contributed by atoms with Crippen LogP contribution in [0.15, 0.2) is 43.0 Å². The molecule has 2 N–H and O–H groups in total. The molecular formula is C18H27N5O. The van der Waals surface area contributed by atoms with Crippen molar-refractivity contribution >= 4 is 6.03 Å². The van der Waals surface area contributed by atoms with Crippen LogP contribution in [-0.4, -0.2) is 47.7 Å². The number of amides is 2. The summed E-state index contributed by atoms with van der Waals surface area (Å²) in [5.74, 6) is 0. The van der Waals surface area contributed by atoms with Gasteiger partial charge in [-0.15, -0.1) is 0 Å². The van der Waals surface area contributed by atoms with Crippen LogP contribution in [0.5, 0.6) is 0 Å². The number of hydrogen-bond donors (Lipinski definition) is 2. The fraction of sp³-hybridized carbons (Fsp3) is 0.444. The first-order valence-corrected chi connectivity index (χ1v) is 8.26. The molecule has 0 aliphatic rings. The van der Waals surface area contributed by atoms with Crippen LogP contribution in [0.2, 0.25) is 0 Å². The minimum Gasteiger partial charge on any atom is -0.338 e. The molecule has 0 radical (unpaired) electrons. The molecule has 0 spiro atoms. The number of carbonyl (C=O) groups is 1. The summed E-state index contributed by atoms with van der Waals surface area (Å²) >= 11 is 0. The molecule has 2 rings (SSSR count). The number of aromatic nitrogens is 2.